The molecular formula is C43H77O8P. The molecule has 1 atom stereocenters. The quantitative estimate of drug-likeness (QED) is 0.0277. The number of esters is 2. The summed E-state index contributed by atoms with van der Waals surface area (Å²) in [5, 5.41) is 0. The summed E-state index contributed by atoms with van der Waals surface area (Å²) >= 11 is 0. The normalized spacial score (nSPS) is 12.9. The highest BCUT2D eigenvalue weighted by atomic mass is 31.2. The van der Waals surface area contributed by atoms with Crippen LogP contribution in [-0.2, 0) is 28.2 Å². The Bertz CT molecular complexity index is 984. The highest BCUT2D eigenvalue weighted by Gasteiger charge is 2.22. The fraction of sp³-hybridized carbons (Fsp3) is 0.767. The first-order chi connectivity index (χ1) is 25.3. The fourth-order valence-electron chi connectivity index (χ4n) is 5.73. The van der Waals surface area contributed by atoms with Crippen molar-refractivity contribution in [3.05, 3.63) is 48.6 Å². The SMILES string of the molecule is CC/C=C\C/C=C\C/C=C\CCCCCCCC(=O)OC[C@H](COP(=O)(O)O)OC(=O)CCCCCCCCC/C=C\CCCCCCCCCC. The Hall–Kier alpha value is -1.99. The Balaban J connectivity index is 3.94. The molecule has 0 saturated carbocycles. The second-order valence-electron chi connectivity index (χ2n) is 13.9. The Morgan fingerprint density at radius 2 is 0.923 bits per heavy atom. The van der Waals surface area contributed by atoms with Crippen LogP contribution >= 0.6 is 7.82 Å². The molecule has 0 bridgehead atoms. The van der Waals surface area contributed by atoms with Crippen LogP contribution in [0.1, 0.15) is 194 Å². The van der Waals surface area contributed by atoms with Crippen LogP contribution in [-0.4, -0.2) is 41.0 Å². The minimum absolute atomic E-state index is 0.202. The number of carbonyl (C=O) groups excluding carboxylic acids is 2. The van der Waals surface area contributed by atoms with Crippen LogP contribution in [0.5, 0.6) is 0 Å². The third-order valence-corrected chi connectivity index (χ3v) is 9.32. The summed E-state index contributed by atoms with van der Waals surface area (Å²) < 4.78 is 26.4. The molecule has 0 saturated heterocycles. The largest absolute Gasteiger partial charge is 0.469 e. The lowest BCUT2D eigenvalue weighted by Crippen LogP contribution is -2.29. The van der Waals surface area contributed by atoms with Gasteiger partial charge < -0.3 is 19.3 Å². The third kappa shape index (κ3) is 40.8. The van der Waals surface area contributed by atoms with Crippen molar-refractivity contribution in [2.24, 2.45) is 0 Å². The lowest BCUT2D eigenvalue weighted by atomic mass is 10.1. The van der Waals surface area contributed by atoms with E-state index in [0.717, 1.165) is 77.0 Å². The Morgan fingerprint density at radius 3 is 1.40 bits per heavy atom. The van der Waals surface area contributed by atoms with Gasteiger partial charge in [-0.3, -0.25) is 14.1 Å². The van der Waals surface area contributed by atoms with Crippen LogP contribution in [0.3, 0.4) is 0 Å². The Morgan fingerprint density at radius 1 is 0.519 bits per heavy atom. The first kappa shape index (κ1) is 50.0. The van der Waals surface area contributed by atoms with Crippen molar-refractivity contribution >= 4 is 19.8 Å². The molecule has 0 rings (SSSR count). The molecular weight excluding hydrogens is 675 g/mol. The number of hydrogen-bond acceptors (Lipinski definition) is 6. The molecule has 0 aliphatic rings. The molecule has 0 aromatic carbocycles. The standard InChI is InChI=1S/C43H77O8P/c1-3-5-7-9-11-13-15-17-19-20-21-22-24-26-28-30-32-34-36-38-43(45)51-41(40-50-52(46,47)48)39-49-42(44)37-35-33-31-29-27-25-23-18-16-14-12-10-8-6-4-2/h6,8,12,14,18,20-21,23,41H,3-5,7,9-11,13,15-17,19,22,24-40H2,1-2H3,(H2,46,47,48)/b8-6-,14-12-,21-20-,23-18-/t41-/m1/s1. The van der Waals surface area contributed by atoms with Crippen molar-refractivity contribution < 1.29 is 37.9 Å². The van der Waals surface area contributed by atoms with Crippen molar-refractivity contribution in [1.29, 1.82) is 0 Å². The summed E-state index contributed by atoms with van der Waals surface area (Å²) in [6.07, 6.45) is 46.9. The van der Waals surface area contributed by atoms with E-state index in [1.54, 1.807) is 0 Å². The van der Waals surface area contributed by atoms with Gasteiger partial charge in [-0.15, -0.1) is 0 Å². The molecule has 0 radical (unpaired) electrons. The summed E-state index contributed by atoms with van der Waals surface area (Å²) in [7, 11) is -4.76. The van der Waals surface area contributed by atoms with Crippen LogP contribution < -0.4 is 0 Å². The average Bonchev–Trinajstić information content (AvgIpc) is 3.11. The number of allylic oxidation sites excluding steroid dienone is 8. The zero-order valence-corrected chi connectivity index (χ0v) is 34.1. The molecule has 0 aromatic heterocycles. The molecule has 0 amide bonds. The van der Waals surface area contributed by atoms with Gasteiger partial charge in [0.05, 0.1) is 6.61 Å². The van der Waals surface area contributed by atoms with E-state index in [1.807, 2.05) is 0 Å². The second-order valence-corrected chi connectivity index (χ2v) is 15.2. The van der Waals surface area contributed by atoms with E-state index in [9.17, 15) is 14.2 Å². The smallest absolute Gasteiger partial charge is 0.462 e. The van der Waals surface area contributed by atoms with E-state index in [2.05, 4.69) is 67.0 Å². The molecule has 0 fully saturated rings. The topological polar surface area (TPSA) is 119 Å². The summed E-state index contributed by atoms with van der Waals surface area (Å²) in [6, 6.07) is 0. The molecule has 9 heteroatoms. The minimum atomic E-state index is -4.76. The zero-order chi connectivity index (χ0) is 38.2. The number of unbranched alkanes of at least 4 members (excludes halogenated alkanes) is 20. The highest BCUT2D eigenvalue weighted by molar-refractivity contribution is 7.46. The first-order valence-electron chi connectivity index (χ1n) is 20.9. The first-order valence-corrected chi connectivity index (χ1v) is 22.5. The number of carbonyl (C=O) groups is 2. The molecule has 8 nitrogen and oxygen atoms in total. The van der Waals surface area contributed by atoms with Crippen molar-refractivity contribution in [3.63, 3.8) is 0 Å². The molecule has 52 heavy (non-hydrogen) atoms. The van der Waals surface area contributed by atoms with Gasteiger partial charge in [-0.1, -0.05) is 159 Å². The molecule has 0 spiro atoms. The van der Waals surface area contributed by atoms with E-state index < -0.39 is 32.5 Å². The van der Waals surface area contributed by atoms with Gasteiger partial charge in [-0.25, -0.2) is 4.57 Å². The molecule has 0 aliphatic carbocycles. The van der Waals surface area contributed by atoms with E-state index in [1.165, 1.54) is 77.0 Å². The third-order valence-electron chi connectivity index (χ3n) is 8.83. The number of hydrogen-bond donors (Lipinski definition) is 2. The van der Waals surface area contributed by atoms with Gasteiger partial charge in [0.1, 0.15) is 6.61 Å². The maximum absolute atomic E-state index is 12.4. The monoisotopic (exact) mass is 753 g/mol. The van der Waals surface area contributed by atoms with E-state index in [0.29, 0.717) is 12.8 Å². The van der Waals surface area contributed by atoms with Gasteiger partial charge in [0.2, 0.25) is 0 Å². The highest BCUT2D eigenvalue weighted by Crippen LogP contribution is 2.36. The lowest BCUT2D eigenvalue weighted by Gasteiger charge is -2.18. The number of rotatable bonds is 38. The molecule has 0 aromatic rings. The zero-order valence-electron chi connectivity index (χ0n) is 33.2. The van der Waals surface area contributed by atoms with Crippen molar-refractivity contribution in [1.82, 2.24) is 0 Å². The van der Waals surface area contributed by atoms with Crippen LogP contribution in [0.25, 0.3) is 0 Å². The summed E-state index contributed by atoms with van der Waals surface area (Å²) in [4.78, 5) is 42.8. The summed E-state index contributed by atoms with van der Waals surface area (Å²) in [5.41, 5.74) is 0. The van der Waals surface area contributed by atoms with E-state index in [4.69, 9.17) is 19.3 Å². The van der Waals surface area contributed by atoms with Gasteiger partial charge in [-0.2, -0.15) is 0 Å². The van der Waals surface area contributed by atoms with Gasteiger partial charge in [0.25, 0.3) is 0 Å². The van der Waals surface area contributed by atoms with Gasteiger partial charge in [0, 0.05) is 12.8 Å². The molecule has 302 valence electrons. The van der Waals surface area contributed by atoms with Crippen LogP contribution in [0.2, 0.25) is 0 Å². The fourth-order valence-corrected chi connectivity index (χ4v) is 6.10. The molecule has 0 heterocycles. The van der Waals surface area contributed by atoms with E-state index in [-0.39, 0.29) is 19.4 Å². The van der Waals surface area contributed by atoms with Crippen LogP contribution in [0.15, 0.2) is 48.6 Å². The van der Waals surface area contributed by atoms with Crippen LogP contribution in [0, 0.1) is 0 Å². The maximum Gasteiger partial charge on any atom is 0.469 e. The maximum atomic E-state index is 12.4. The predicted octanol–water partition coefficient (Wildman–Crippen LogP) is 12.7. The molecule has 2 N–H and O–H groups in total. The summed E-state index contributed by atoms with van der Waals surface area (Å²) in [6.45, 7) is 3.56. The lowest BCUT2D eigenvalue weighted by molar-refractivity contribution is -0.161. The van der Waals surface area contributed by atoms with Crippen molar-refractivity contribution in [2.45, 2.75) is 200 Å². The number of phosphoric ester groups is 1. The van der Waals surface area contributed by atoms with Gasteiger partial charge >= 0.3 is 19.8 Å². The second kappa shape index (κ2) is 38.7. The molecule has 0 aliphatic heterocycles. The Labute approximate surface area is 318 Å². The number of ether oxygens (including phenoxy) is 2. The number of phosphoric acid groups is 1. The van der Waals surface area contributed by atoms with Gasteiger partial charge in [0.15, 0.2) is 6.10 Å². The van der Waals surface area contributed by atoms with Gasteiger partial charge in [-0.05, 0) is 70.6 Å². The van der Waals surface area contributed by atoms with E-state index >= 15 is 0 Å². The van der Waals surface area contributed by atoms with Crippen molar-refractivity contribution in [2.75, 3.05) is 13.2 Å². The molecule has 0 unspecified atom stereocenters. The summed E-state index contributed by atoms with van der Waals surface area (Å²) in [5.74, 6) is -0.909. The Kier molecular flexibility index (Phi) is 37.2. The predicted molar refractivity (Wildman–Crippen MR) is 216 cm³/mol. The average molecular weight is 753 g/mol. The van der Waals surface area contributed by atoms with Crippen molar-refractivity contribution in [3.8, 4) is 0 Å². The van der Waals surface area contributed by atoms with Crippen LogP contribution in [0.4, 0.5) is 0 Å². The minimum Gasteiger partial charge on any atom is -0.462 e.